The molecular weight excluding hydrogens is 388 g/mol. The third-order valence-corrected chi connectivity index (χ3v) is 5.90. The molecule has 7 heteroatoms. The van der Waals surface area contributed by atoms with Crippen molar-refractivity contribution in [2.24, 2.45) is 0 Å². The number of hydrogen-bond donors (Lipinski definition) is 0. The molecule has 148 valence electrons. The third kappa shape index (κ3) is 4.14. The molecule has 4 rings (SSSR count). The van der Waals surface area contributed by atoms with Crippen molar-refractivity contribution >= 4 is 21.4 Å². The minimum Gasteiger partial charge on any atom is -0.439 e. The molecule has 0 spiro atoms. The van der Waals surface area contributed by atoms with Crippen LogP contribution in [0.1, 0.15) is 22.3 Å². The maximum Gasteiger partial charge on any atom is 0.258 e. The number of aryl methyl sites for hydroxylation is 1. The molecular formula is C22H20N2O4S. The average Bonchev–Trinajstić information content (AvgIpc) is 2.72. The van der Waals surface area contributed by atoms with E-state index in [1.54, 1.807) is 41.4 Å². The highest BCUT2D eigenvalue weighted by Crippen LogP contribution is 2.31. The van der Waals surface area contributed by atoms with Gasteiger partial charge in [0.15, 0.2) is 9.84 Å². The molecule has 1 aliphatic heterocycles. The standard InChI is InChI=1S/C22H20N2O4S/c1-29(26,27)19-9-10-20-16(14-19)6-5-13-24(20)22(25)17-11-12-23-21(15-17)28-18-7-3-2-4-8-18/h2-4,7-12,14-15H,5-6,13H2,1H3. The first-order valence-electron chi connectivity index (χ1n) is 9.25. The van der Waals surface area contributed by atoms with Gasteiger partial charge in [-0.25, -0.2) is 13.4 Å². The van der Waals surface area contributed by atoms with Crippen molar-refractivity contribution in [3.63, 3.8) is 0 Å². The molecule has 2 heterocycles. The predicted molar refractivity (Wildman–Crippen MR) is 110 cm³/mol. The largest absolute Gasteiger partial charge is 0.439 e. The Kier molecular flexibility index (Phi) is 5.07. The van der Waals surface area contributed by atoms with Crippen LogP contribution in [0.5, 0.6) is 11.6 Å². The van der Waals surface area contributed by atoms with E-state index in [0.717, 1.165) is 24.1 Å². The van der Waals surface area contributed by atoms with Crippen LogP contribution >= 0.6 is 0 Å². The van der Waals surface area contributed by atoms with Crippen molar-refractivity contribution in [1.82, 2.24) is 4.98 Å². The van der Waals surface area contributed by atoms with Crippen molar-refractivity contribution in [2.45, 2.75) is 17.7 Å². The number of nitrogens with zero attached hydrogens (tertiary/aromatic N) is 2. The van der Waals surface area contributed by atoms with Gasteiger partial charge in [0.1, 0.15) is 5.75 Å². The first-order chi connectivity index (χ1) is 13.9. The summed E-state index contributed by atoms with van der Waals surface area (Å²) in [6.45, 7) is 0.571. The molecule has 0 saturated carbocycles. The number of sulfone groups is 1. The number of para-hydroxylation sites is 1. The molecule has 0 bridgehead atoms. The van der Waals surface area contributed by atoms with E-state index >= 15 is 0 Å². The molecule has 1 aromatic heterocycles. The number of fused-ring (bicyclic) bond motifs is 1. The zero-order chi connectivity index (χ0) is 20.4. The molecule has 0 radical (unpaired) electrons. The fourth-order valence-electron chi connectivity index (χ4n) is 3.38. The van der Waals surface area contributed by atoms with Crippen LogP contribution in [0.25, 0.3) is 0 Å². The zero-order valence-corrected chi connectivity index (χ0v) is 16.7. The van der Waals surface area contributed by atoms with Crippen molar-refractivity contribution in [3.8, 4) is 11.6 Å². The van der Waals surface area contributed by atoms with Crippen LogP contribution in [0.2, 0.25) is 0 Å². The van der Waals surface area contributed by atoms with Crippen molar-refractivity contribution in [3.05, 3.63) is 78.0 Å². The van der Waals surface area contributed by atoms with Gasteiger partial charge in [0.2, 0.25) is 5.88 Å². The lowest BCUT2D eigenvalue weighted by molar-refractivity contribution is 0.0984. The van der Waals surface area contributed by atoms with Gasteiger partial charge in [-0.05, 0) is 54.8 Å². The van der Waals surface area contributed by atoms with Crippen LogP contribution in [0.3, 0.4) is 0 Å². The van der Waals surface area contributed by atoms with E-state index in [-0.39, 0.29) is 10.8 Å². The number of amides is 1. The topological polar surface area (TPSA) is 76.6 Å². The van der Waals surface area contributed by atoms with Gasteiger partial charge < -0.3 is 9.64 Å². The summed E-state index contributed by atoms with van der Waals surface area (Å²) < 4.78 is 29.4. The summed E-state index contributed by atoms with van der Waals surface area (Å²) in [5, 5.41) is 0. The van der Waals surface area contributed by atoms with Crippen LogP contribution in [-0.2, 0) is 16.3 Å². The maximum absolute atomic E-state index is 13.2. The maximum atomic E-state index is 13.2. The first-order valence-corrected chi connectivity index (χ1v) is 11.1. The van der Waals surface area contributed by atoms with Crippen LogP contribution in [0.4, 0.5) is 5.69 Å². The molecule has 2 aromatic carbocycles. The Hall–Kier alpha value is -3.19. The summed E-state index contributed by atoms with van der Waals surface area (Å²) in [7, 11) is -3.29. The highest BCUT2D eigenvalue weighted by molar-refractivity contribution is 7.90. The number of anilines is 1. The van der Waals surface area contributed by atoms with E-state index in [4.69, 9.17) is 4.74 Å². The minimum absolute atomic E-state index is 0.168. The zero-order valence-electron chi connectivity index (χ0n) is 15.9. The number of carbonyl (C=O) groups is 1. The second-order valence-corrected chi connectivity index (χ2v) is 8.94. The fourth-order valence-corrected chi connectivity index (χ4v) is 4.05. The molecule has 0 N–H and O–H groups in total. The van der Waals surface area contributed by atoms with Gasteiger partial charge in [-0.1, -0.05) is 18.2 Å². The SMILES string of the molecule is CS(=O)(=O)c1ccc2c(c1)CCCN2C(=O)c1ccnc(Oc2ccccc2)c1. The molecule has 0 unspecified atom stereocenters. The highest BCUT2D eigenvalue weighted by atomic mass is 32.2. The van der Waals surface area contributed by atoms with Gasteiger partial charge in [-0.2, -0.15) is 0 Å². The van der Waals surface area contributed by atoms with E-state index in [0.29, 0.717) is 23.7 Å². The van der Waals surface area contributed by atoms with E-state index < -0.39 is 9.84 Å². The Morgan fingerprint density at radius 3 is 2.62 bits per heavy atom. The number of benzene rings is 2. The monoisotopic (exact) mass is 408 g/mol. The molecule has 3 aromatic rings. The lowest BCUT2D eigenvalue weighted by Gasteiger charge is -2.30. The van der Waals surface area contributed by atoms with E-state index in [1.807, 2.05) is 30.3 Å². The van der Waals surface area contributed by atoms with Crippen LogP contribution in [-0.4, -0.2) is 32.1 Å². The van der Waals surface area contributed by atoms with Gasteiger partial charge in [-0.15, -0.1) is 0 Å². The van der Waals surface area contributed by atoms with Crippen molar-refractivity contribution in [2.75, 3.05) is 17.7 Å². The third-order valence-electron chi connectivity index (χ3n) is 4.79. The number of hydrogen-bond acceptors (Lipinski definition) is 5. The lowest BCUT2D eigenvalue weighted by Crippen LogP contribution is -2.35. The summed E-state index contributed by atoms with van der Waals surface area (Å²) in [5.74, 6) is 0.811. The number of pyridine rings is 1. The number of aromatic nitrogens is 1. The molecule has 1 aliphatic rings. The van der Waals surface area contributed by atoms with Crippen molar-refractivity contribution in [1.29, 1.82) is 0 Å². The molecule has 0 aliphatic carbocycles. The smallest absolute Gasteiger partial charge is 0.258 e. The fraction of sp³-hybridized carbons (Fsp3) is 0.182. The lowest BCUT2D eigenvalue weighted by atomic mass is 10.0. The Balaban J connectivity index is 1.62. The van der Waals surface area contributed by atoms with Crippen LogP contribution < -0.4 is 9.64 Å². The van der Waals surface area contributed by atoms with Crippen molar-refractivity contribution < 1.29 is 17.9 Å². The van der Waals surface area contributed by atoms with Gasteiger partial charge in [0.25, 0.3) is 5.91 Å². The summed E-state index contributed by atoms with van der Waals surface area (Å²) in [6.07, 6.45) is 4.24. The Morgan fingerprint density at radius 1 is 1.07 bits per heavy atom. The second kappa shape index (κ2) is 7.67. The molecule has 0 atom stereocenters. The summed E-state index contributed by atoms with van der Waals surface area (Å²) in [4.78, 5) is 19.3. The normalized spacial score (nSPS) is 13.6. The van der Waals surface area contributed by atoms with Crippen LogP contribution in [0, 0.1) is 0 Å². The van der Waals surface area contributed by atoms with Crippen LogP contribution in [0.15, 0.2) is 71.8 Å². The highest BCUT2D eigenvalue weighted by Gasteiger charge is 2.25. The Bertz CT molecular complexity index is 1160. The number of carbonyl (C=O) groups excluding carboxylic acids is 1. The van der Waals surface area contributed by atoms with Gasteiger partial charge in [0, 0.05) is 36.3 Å². The van der Waals surface area contributed by atoms with Gasteiger partial charge in [0.05, 0.1) is 4.90 Å². The van der Waals surface area contributed by atoms with E-state index in [2.05, 4.69) is 4.98 Å². The number of ether oxygens (including phenoxy) is 1. The second-order valence-electron chi connectivity index (χ2n) is 6.92. The average molecular weight is 408 g/mol. The van der Waals surface area contributed by atoms with Gasteiger partial charge >= 0.3 is 0 Å². The quantitative estimate of drug-likeness (QED) is 0.655. The predicted octanol–water partition coefficient (Wildman–Crippen LogP) is 3.87. The first kappa shape index (κ1) is 19.1. The van der Waals surface area contributed by atoms with E-state index in [9.17, 15) is 13.2 Å². The summed E-state index contributed by atoms with van der Waals surface area (Å²) in [5.41, 5.74) is 2.07. The Morgan fingerprint density at radius 2 is 1.86 bits per heavy atom. The van der Waals surface area contributed by atoms with Gasteiger partial charge in [-0.3, -0.25) is 4.79 Å². The summed E-state index contributed by atoms with van der Waals surface area (Å²) in [6, 6.07) is 17.5. The Labute approximate surface area is 169 Å². The summed E-state index contributed by atoms with van der Waals surface area (Å²) >= 11 is 0. The molecule has 0 saturated heterocycles. The molecule has 29 heavy (non-hydrogen) atoms. The molecule has 0 fully saturated rings. The number of rotatable bonds is 4. The molecule has 6 nitrogen and oxygen atoms in total. The van der Waals surface area contributed by atoms with E-state index in [1.165, 1.54) is 6.26 Å². The minimum atomic E-state index is -3.29. The molecule has 1 amide bonds.